The molecular formula is C23H28O8. The van der Waals surface area contributed by atoms with Gasteiger partial charge in [-0.3, -0.25) is 0 Å². The van der Waals surface area contributed by atoms with Gasteiger partial charge in [-0.2, -0.15) is 0 Å². The van der Waals surface area contributed by atoms with Crippen molar-refractivity contribution >= 4 is 12.2 Å². The summed E-state index contributed by atoms with van der Waals surface area (Å²) in [6, 6.07) is 10.9. The van der Waals surface area contributed by atoms with Gasteiger partial charge in [0.2, 0.25) is 6.29 Å². The third-order valence-corrected chi connectivity index (χ3v) is 5.04. The summed E-state index contributed by atoms with van der Waals surface area (Å²) >= 11 is 0. The monoisotopic (exact) mass is 432 g/mol. The van der Waals surface area contributed by atoms with E-state index < -0.39 is 24.6 Å². The molecule has 1 saturated heterocycles. The molecule has 0 amide bonds. The van der Waals surface area contributed by atoms with Crippen LogP contribution in [-0.4, -0.2) is 67.9 Å². The first-order chi connectivity index (χ1) is 15.0. The maximum Gasteiger partial charge on any atom is 0.229 e. The molecule has 0 aromatic heterocycles. The van der Waals surface area contributed by atoms with Crippen molar-refractivity contribution in [3.05, 3.63) is 47.5 Å². The molecule has 0 saturated carbocycles. The third-order valence-electron chi connectivity index (χ3n) is 5.04. The lowest BCUT2D eigenvalue weighted by molar-refractivity contribution is -0.241. The Hall–Kier alpha value is -2.78. The molecule has 8 heteroatoms. The van der Waals surface area contributed by atoms with Crippen LogP contribution < -0.4 is 18.9 Å². The summed E-state index contributed by atoms with van der Waals surface area (Å²) in [6.07, 6.45) is -0.468. The summed E-state index contributed by atoms with van der Waals surface area (Å²) in [5.74, 6) is 1.90. The molecule has 31 heavy (non-hydrogen) atoms. The fraction of sp³-hybridized carbons (Fsp3) is 0.391. The Morgan fingerprint density at radius 2 is 1.68 bits per heavy atom. The summed E-state index contributed by atoms with van der Waals surface area (Å²) in [5.41, 5.74) is 1.45. The van der Waals surface area contributed by atoms with E-state index in [-0.39, 0.29) is 13.0 Å². The molecule has 0 radical (unpaired) electrons. The maximum absolute atomic E-state index is 10.4. The molecule has 3 N–H and O–H groups in total. The molecule has 8 nitrogen and oxygen atoms in total. The first kappa shape index (κ1) is 22.9. The van der Waals surface area contributed by atoms with E-state index >= 15 is 0 Å². The van der Waals surface area contributed by atoms with Crippen molar-refractivity contribution in [1.29, 1.82) is 0 Å². The van der Waals surface area contributed by atoms with Crippen LogP contribution in [0.3, 0.4) is 0 Å². The zero-order chi connectivity index (χ0) is 22.4. The Labute approximate surface area is 181 Å². The molecule has 168 valence electrons. The van der Waals surface area contributed by atoms with E-state index in [1.807, 2.05) is 30.3 Å². The van der Waals surface area contributed by atoms with Gasteiger partial charge in [0.15, 0.2) is 11.5 Å². The zero-order valence-electron chi connectivity index (χ0n) is 17.7. The van der Waals surface area contributed by atoms with Gasteiger partial charge in [0.1, 0.15) is 17.6 Å². The fourth-order valence-corrected chi connectivity index (χ4v) is 3.35. The van der Waals surface area contributed by atoms with Crippen LogP contribution in [0.5, 0.6) is 23.0 Å². The van der Waals surface area contributed by atoms with Gasteiger partial charge in [-0.1, -0.05) is 30.4 Å². The molecule has 3 rings (SSSR count). The molecule has 0 aliphatic carbocycles. The van der Waals surface area contributed by atoms with Crippen molar-refractivity contribution < 1.29 is 39.0 Å². The molecule has 1 aliphatic heterocycles. The molecule has 0 spiro atoms. The van der Waals surface area contributed by atoms with Gasteiger partial charge in [-0.15, -0.1) is 0 Å². The second-order valence-corrected chi connectivity index (χ2v) is 7.04. The van der Waals surface area contributed by atoms with Crippen LogP contribution in [0, 0.1) is 0 Å². The fourth-order valence-electron chi connectivity index (χ4n) is 3.35. The van der Waals surface area contributed by atoms with E-state index in [0.29, 0.717) is 28.6 Å². The summed E-state index contributed by atoms with van der Waals surface area (Å²) < 4.78 is 27.8. The van der Waals surface area contributed by atoms with Crippen molar-refractivity contribution in [2.24, 2.45) is 0 Å². The maximum atomic E-state index is 10.4. The topological polar surface area (TPSA) is 107 Å². The second-order valence-electron chi connectivity index (χ2n) is 7.04. The molecule has 2 aromatic carbocycles. The number of aliphatic hydroxyl groups excluding tert-OH is 3. The van der Waals surface area contributed by atoms with Crippen LogP contribution in [0.4, 0.5) is 0 Å². The average molecular weight is 432 g/mol. The highest BCUT2D eigenvalue weighted by Gasteiger charge is 2.38. The second kappa shape index (κ2) is 10.5. The van der Waals surface area contributed by atoms with Crippen LogP contribution in [-0.2, 0) is 4.74 Å². The van der Waals surface area contributed by atoms with Gasteiger partial charge in [0, 0.05) is 23.6 Å². The highest BCUT2D eigenvalue weighted by molar-refractivity contribution is 5.77. The number of hydrogen-bond donors (Lipinski definition) is 3. The van der Waals surface area contributed by atoms with E-state index in [0.717, 1.165) is 5.56 Å². The SMILES string of the molecule is COc1cc(/C=C/c2ccccc2OC)c(OC2OC(CO)CC(O)[C@H]2O)c(OC)c1. The van der Waals surface area contributed by atoms with Gasteiger partial charge < -0.3 is 39.0 Å². The van der Waals surface area contributed by atoms with Crippen LogP contribution >= 0.6 is 0 Å². The highest BCUT2D eigenvalue weighted by atomic mass is 16.7. The summed E-state index contributed by atoms with van der Waals surface area (Å²) in [4.78, 5) is 0. The number of aliphatic hydroxyl groups is 3. The third kappa shape index (κ3) is 5.29. The predicted octanol–water partition coefficient (Wildman–Crippen LogP) is 2.09. The lowest BCUT2D eigenvalue weighted by Gasteiger charge is -2.36. The van der Waals surface area contributed by atoms with Crippen molar-refractivity contribution in [1.82, 2.24) is 0 Å². The number of methoxy groups -OCH3 is 3. The normalized spacial score (nSPS) is 23.5. The molecule has 2 aromatic rings. The van der Waals surface area contributed by atoms with Gasteiger partial charge >= 0.3 is 0 Å². The smallest absolute Gasteiger partial charge is 0.229 e. The van der Waals surface area contributed by atoms with E-state index in [1.165, 1.54) is 7.11 Å². The van der Waals surface area contributed by atoms with Crippen molar-refractivity contribution in [3.63, 3.8) is 0 Å². The predicted molar refractivity (Wildman–Crippen MR) is 114 cm³/mol. The molecule has 3 unspecified atom stereocenters. The van der Waals surface area contributed by atoms with E-state index in [2.05, 4.69) is 0 Å². The Kier molecular flexibility index (Phi) is 7.75. The van der Waals surface area contributed by atoms with E-state index in [1.54, 1.807) is 32.4 Å². The minimum Gasteiger partial charge on any atom is -0.497 e. The average Bonchev–Trinajstić information content (AvgIpc) is 2.80. The Morgan fingerprint density at radius 1 is 0.968 bits per heavy atom. The zero-order valence-corrected chi connectivity index (χ0v) is 17.7. The molecular weight excluding hydrogens is 404 g/mol. The van der Waals surface area contributed by atoms with Crippen LogP contribution in [0.25, 0.3) is 12.2 Å². The molecule has 4 atom stereocenters. The lowest BCUT2D eigenvalue weighted by Crippen LogP contribution is -2.51. The highest BCUT2D eigenvalue weighted by Crippen LogP contribution is 2.39. The Morgan fingerprint density at radius 3 is 2.35 bits per heavy atom. The number of ether oxygens (including phenoxy) is 5. The first-order valence-corrected chi connectivity index (χ1v) is 9.87. The van der Waals surface area contributed by atoms with Crippen molar-refractivity contribution in [2.45, 2.75) is 31.0 Å². The Bertz CT molecular complexity index is 897. The summed E-state index contributed by atoms with van der Waals surface area (Å²) in [7, 11) is 4.62. The Balaban J connectivity index is 1.99. The molecule has 1 heterocycles. The van der Waals surface area contributed by atoms with Gasteiger partial charge in [0.05, 0.1) is 40.1 Å². The summed E-state index contributed by atoms with van der Waals surface area (Å²) in [5, 5.41) is 29.9. The lowest BCUT2D eigenvalue weighted by atomic mass is 10.0. The van der Waals surface area contributed by atoms with Gasteiger partial charge in [-0.05, 0) is 12.1 Å². The standard InChI is InChI=1S/C23H28O8/c1-27-16-10-15(9-8-14-6-4-5-7-19(14)28-2)22(20(12-16)29-3)31-23-21(26)18(25)11-17(13-24)30-23/h4-10,12,17-18,21,23-26H,11,13H2,1-3H3/b9-8+/t17?,18?,21-,23?/m1/s1. The van der Waals surface area contributed by atoms with E-state index in [9.17, 15) is 15.3 Å². The quantitative estimate of drug-likeness (QED) is 0.545. The number of hydrogen-bond acceptors (Lipinski definition) is 8. The number of benzene rings is 2. The largest absolute Gasteiger partial charge is 0.497 e. The molecule has 1 fully saturated rings. The summed E-state index contributed by atoms with van der Waals surface area (Å²) in [6.45, 7) is -0.302. The van der Waals surface area contributed by atoms with Crippen LogP contribution in [0.2, 0.25) is 0 Å². The first-order valence-electron chi connectivity index (χ1n) is 9.87. The van der Waals surface area contributed by atoms with E-state index in [4.69, 9.17) is 23.7 Å². The molecule has 1 aliphatic rings. The van der Waals surface area contributed by atoms with Crippen molar-refractivity contribution in [3.8, 4) is 23.0 Å². The minimum absolute atomic E-state index is 0.109. The van der Waals surface area contributed by atoms with Crippen molar-refractivity contribution in [2.75, 3.05) is 27.9 Å². The van der Waals surface area contributed by atoms with Gasteiger partial charge in [0.25, 0.3) is 0 Å². The van der Waals surface area contributed by atoms with Gasteiger partial charge in [-0.25, -0.2) is 0 Å². The molecule has 0 bridgehead atoms. The van der Waals surface area contributed by atoms with Crippen LogP contribution in [0.1, 0.15) is 17.5 Å². The van der Waals surface area contributed by atoms with Crippen LogP contribution in [0.15, 0.2) is 36.4 Å². The number of rotatable bonds is 8. The minimum atomic E-state index is -1.29. The number of para-hydroxylation sites is 1.